The lowest BCUT2D eigenvalue weighted by Gasteiger charge is -2.11. The van der Waals surface area contributed by atoms with Crippen molar-refractivity contribution in [1.82, 2.24) is 0 Å². The third-order valence-corrected chi connectivity index (χ3v) is 2.11. The van der Waals surface area contributed by atoms with Crippen LogP contribution in [-0.2, 0) is 20.7 Å². The number of carbonyl (C=O) groups is 2. The van der Waals surface area contributed by atoms with Gasteiger partial charge in [-0.15, -0.1) is 0 Å². The third kappa shape index (κ3) is 3.73. The first-order valence-electron chi connectivity index (χ1n) is 5.09. The topological polar surface area (TPSA) is 63.6 Å². The summed E-state index contributed by atoms with van der Waals surface area (Å²) in [6.45, 7) is 1.66. The third-order valence-electron chi connectivity index (χ3n) is 2.11. The Morgan fingerprint density at radius 1 is 1.31 bits per heavy atom. The molecule has 0 saturated heterocycles. The molecule has 1 aromatic rings. The average Bonchev–Trinajstić information content (AvgIpc) is 2.27. The van der Waals surface area contributed by atoms with Crippen LogP contribution < -0.4 is 0 Å². The zero-order valence-corrected chi connectivity index (χ0v) is 9.05. The molecule has 1 atom stereocenters. The Morgan fingerprint density at radius 3 is 2.44 bits per heavy atom. The van der Waals surface area contributed by atoms with E-state index in [4.69, 9.17) is 9.84 Å². The molecule has 0 aliphatic rings. The van der Waals surface area contributed by atoms with Gasteiger partial charge in [0.25, 0.3) is 0 Å². The normalized spacial score (nSPS) is 11.8. The first kappa shape index (κ1) is 12.2. The second-order valence-corrected chi connectivity index (χ2v) is 3.39. The Bertz CT molecular complexity index is 359. The van der Waals surface area contributed by atoms with Gasteiger partial charge in [0.1, 0.15) is 0 Å². The van der Waals surface area contributed by atoms with Crippen molar-refractivity contribution in [1.29, 1.82) is 0 Å². The lowest BCUT2D eigenvalue weighted by atomic mass is 10.1. The zero-order valence-electron chi connectivity index (χ0n) is 9.05. The zero-order chi connectivity index (χ0) is 12.0. The molecule has 4 nitrogen and oxygen atoms in total. The molecule has 0 amide bonds. The van der Waals surface area contributed by atoms with Gasteiger partial charge in [0.05, 0.1) is 6.42 Å². The summed E-state index contributed by atoms with van der Waals surface area (Å²) in [4.78, 5) is 22.0. The lowest BCUT2D eigenvalue weighted by Crippen LogP contribution is -2.26. The molecule has 0 aromatic heterocycles. The highest BCUT2D eigenvalue weighted by atomic mass is 16.6. The Labute approximate surface area is 93.9 Å². The number of rotatable bonds is 5. The summed E-state index contributed by atoms with van der Waals surface area (Å²) in [5.41, 5.74) is 0.813. The van der Waals surface area contributed by atoms with Gasteiger partial charge in [-0.25, -0.2) is 4.79 Å². The minimum Gasteiger partial charge on any atom is -0.479 e. The Hall–Kier alpha value is -1.84. The number of ether oxygens (including phenoxy) is 1. The number of esters is 1. The van der Waals surface area contributed by atoms with E-state index in [0.717, 1.165) is 5.56 Å². The van der Waals surface area contributed by atoms with Crippen molar-refractivity contribution in [3.8, 4) is 0 Å². The van der Waals surface area contributed by atoms with Crippen molar-refractivity contribution in [3.05, 3.63) is 35.9 Å². The second-order valence-electron chi connectivity index (χ2n) is 3.39. The fourth-order valence-corrected chi connectivity index (χ4v) is 1.27. The molecular weight excluding hydrogens is 208 g/mol. The van der Waals surface area contributed by atoms with Crippen LogP contribution in [0.5, 0.6) is 0 Å². The molecular formula is C12H14O4. The number of hydrogen-bond donors (Lipinski definition) is 1. The van der Waals surface area contributed by atoms with Gasteiger partial charge in [-0.2, -0.15) is 0 Å². The van der Waals surface area contributed by atoms with Gasteiger partial charge in [-0.05, 0) is 12.0 Å². The molecule has 16 heavy (non-hydrogen) atoms. The van der Waals surface area contributed by atoms with Gasteiger partial charge in [0.2, 0.25) is 0 Å². The fourth-order valence-electron chi connectivity index (χ4n) is 1.27. The molecule has 0 heterocycles. The average molecular weight is 222 g/mol. The maximum Gasteiger partial charge on any atom is 0.345 e. The molecule has 4 heteroatoms. The van der Waals surface area contributed by atoms with E-state index < -0.39 is 18.0 Å². The SMILES string of the molecule is CCC(OC(=O)Cc1ccccc1)C(=O)O. The van der Waals surface area contributed by atoms with Gasteiger partial charge in [-0.1, -0.05) is 37.3 Å². The van der Waals surface area contributed by atoms with Crippen molar-refractivity contribution < 1.29 is 19.4 Å². The molecule has 86 valence electrons. The van der Waals surface area contributed by atoms with E-state index in [1.807, 2.05) is 18.2 Å². The van der Waals surface area contributed by atoms with Crippen molar-refractivity contribution in [2.75, 3.05) is 0 Å². The second kappa shape index (κ2) is 5.90. The van der Waals surface area contributed by atoms with Crippen LogP contribution in [0.1, 0.15) is 18.9 Å². The first-order valence-corrected chi connectivity index (χ1v) is 5.09. The van der Waals surface area contributed by atoms with Crippen LogP contribution in [0.25, 0.3) is 0 Å². The van der Waals surface area contributed by atoms with Crippen LogP contribution in [0.3, 0.4) is 0 Å². The van der Waals surface area contributed by atoms with Gasteiger partial charge in [-0.3, -0.25) is 4.79 Å². The number of hydrogen-bond acceptors (Lipinski definition) is 3. The summed E-state index contributed by atoms with van der Waals surface area (Å²) in [6, 6.07) is 9.07. The Morgan fingerprint density at radius 2 is 1.94 bits per heavy atom. The van der Waals surface area contributed by atoms with E-state index in [0.29, 0.717) is 0 Å². The van der Waals surface area contributed by atoms with Crippen LogP contribution in [-0.4, -0.2) is 23.1 Å². The number of benzene rings is 1. The van der Waals surface area contributed by atoms with Crippen LogP contribution in [0.2, 0.25) is 0 Å². The maximum atomic E-state index is 11.4. The number of carboxylic acids is 1. The molecule has 0 fully saturated rings. The minimum absolute atomic E-state index is 0.102. The monoisotopic (exact) mass is 222 g/mol. The van der Waals surface area contributed by atoms with Crippen molar-refractivity contribution in [2.45, 2.75) is 25.9 Å². The molecule has 1 N–H and O–H groups in total. The fraction of sp³-hybridized carbons (Fsp3) is 0.333. The molecule has 0 aliphatic carbocycles. The Balaban J connectivity index is 2.50. The summed E-state index contributed by atoms with van der Waals surface area (Å²) in [5.74, 6) is -1.62. The van der Waals surface area contributed by atoms with Gasteiger partial charge in [0.15, 0.2) is 6.10 Å². The first-order chi connectivity index (χ1) is 7.63. The maximum absolute atomic E-state index is 11.4. The predicted molar refractivity (Wildman–Crippen MR) is 58.0 cm³/mol. The molecule has 1 rings (SSSR count). The van der Waals surface area contributed by atoms with Gasteiger partial charge < -0.3 is 9.84 Å². The van der Waals surface area contributed by atoms with Crippen molar-refractivity contribution in [3.63, 3.8) is 0 Å². The van der Waals surface area contributed by atoms with Crippen LogP contribution in [0.15, 0.2) is 30.3 Å². The summed E-state index contributed by atoms with van der Waals surface area (Å²) in [7, 11) is 0. The highest BCUT2D eigenvalue weighted by Crippen LogP contribution is 2.04. The lowest BCUT2D eigenvalue weighted by molar-refractivity contribution is -0.163. The molecule has 0 bridgehead atoms. The molecule has 1 aromatic carbocycles. The summed E-state index contributed by atoms with van der Waals surface area (Å²) < 4.78 is 4.83. The molecule has 0 aliphatic heterocycles. The van der Waals surface area contributed by atoms with Crippen LogP contribution >= 0.6 is 0 Å². The van der Waals surface area contributed by atoms with E-state index in [-0.39, 0.29) is 12.8 Å². The smallest absolute Gasteiger partial charge is 0.345 e. The van der Waals surface area contributed by atoms with Gasteiger partial charge >= 0.3 is 11.9 Å². The summed E-state index contributed by atoms with van der Waals surface area (Å²) >= 11 is 0. The molecule has 0 spiro atoms. The van der Waals surface area contributed by atoms with E-state index in [1.54, 1.807) is 19.1 Å². The van der Waals surface area contributed by atoms with E-state index in [9.17, 15) is 9.59 Å². The predicted octanol–water partition coefficient (Wildman–Crippen LogP) is 1.64. The molecule has 1 unspecified atom stereocenters. The molecule has 0 saturated carbocycles. The quantitative estimate of drug-likeness (QED) is 0.769. The minimum atomic E-state index is -1.11. The standard InChI is InChI=1S/C12H14O4/c1-2-10(12(14)15)16-11(13)8-9-6-4-3-5-7-9/h3-7,10H,2,8H2,1H3,(H,14,15). The number of carbonyl (C=O) groups excluding carboxylic acids is 1. The van der Waals surface area contributed by atoms with E-state index in [1.165, 1.54) is 0 Å². The van der Waals surface area contributed by atoms with Crippen LogP contribution in [0.4, 0.5) is 0 Å². The summed E-state index contributed by atoms with van der Waals surface area (Å²) in [6.07, 6.45) is -0.670. The highest BCUT2D eigenvalue weighted by Gasteiger charge is 2.19. The number of aliphatic carboxylic acids is 1. The van der Waals surface area contributed by atoms with E-state index in [2.05, 4.69) is 0 Å². The van der Waals surface area contributed by atoms with Crippen molar-refractivity contribution >= 4 is 11.9 Å². The van der Waals surface area contributed by atoms with Crippen LogP contribution in [0, 0.1) is 0 Å². The van der Waals surface area contributed by atoms with E-state index >= 15 is 0 Å². The number of carboxylic acid groups (broad SMARTS) is 1. The largest absolute Gasteiger partial charge is 0.479 e. The summed E-state index contributed by atoms with van der Waals surface area (Å²) in [5, 5.41) is 8.71. The highest BCUT2D eigenvalue weighted by molar-refractivity contribution is 5.79. The Kier molecular flexibility index (Phi) is 4.51. The molecule has 0 radical (unpaired) electrons. The van der Waals surface area contributed by atoms with Crippen molar-refractivity contribution in [2.24, 2.45) is 0 Å². The van der Waals surface area contributed by atoms with Gasteiger partial charge in [0, 0.05) is 0 Å².